The molecule has 0 saturated carbocycles. The van der Waals surface area contributed by atoms with E-state index in [0.29, 0.717) is 5.92 Å². The summed E-state index contributed by atoms with van der Waals surface area (Å²) in [5, 5.41) is 1.76. The molecule has 1 atom stereocenters. The lowest BCUT2D eigenvalue weighted by Gasteiger charge is -2.19. The molecule has 0 spiro atoms. The van der Waals surface area contributed by atoms with Gasteiger partial charge in [-0.25, -0.2) is 0 Å². The summed E-state index contributed by atoms with van der Waals surface area (Å²) in [5.74, 6) is 3.62. The van der Waals surface area contributed by atoms with Gasteiger partial charge in [0.05, 0.1) is 39.2 Å². The summed E-state index contributed by atoms with van der Waals surface area (Å²) in [6, 6.07) is 5.88. The predicted octanol–water partition coefficient (Wildman–Crippen LogP) is 6.82. The van der Waals surface area contributed by atoms with Gasteiger partial charge in [0.25, 0.3) is 0 Å². The lowest BCUT2D eigenvalue weighted by molar-refractivity contribution is 0.0979. The van der Waals surface area contributed by atoms with Crippen molar-refractivity contribution in [2.24, 2.45) is 5.92 Å². The van der Waals surface area contributed by atoms with E-state index < -0.39 is 0 Å². The van der Waals surface area contributed by atoms with E-state index in [4.69, 9.17) is 23.7 Å². The Hall–Kier alpha value is -2.14. The summed E-state index contributed by atoms with van der Waals surface area (Å²) in [4.78, 5) is 0. The van der Waals surface area contributed by atoms with Crippen molar-refractivity contribution in [2.45, 2.75) is 65.2 Å². The topological polar surface area (TPSA) is 46.2 Å². The second-order valence-corrected chi connectivity index (χ2v) is 8.48. The van der Waals surface area contributed by atoms with E-state index in [-0.39, 0.29) is 0 Å². The van der Waals surface area contributed by atoms with Crippen LogP contribution in [0.5, 0.6) is 23.0 Å². The lowest BCUT2D eigenvalue weighted by Crippen LogP contribution is -2.08. The number of methoxy groups -OCH3 is 4. The molecule has 2 aromatic carbocycles. The summed E-state index contributed by atoms with van der Waals surface area (Å²) in [7, 11) is 6.73. The first-order valence-electron chi connectivity index (χ1n) is 12.0. The quantitative estimate of drug-likeness (QED) is 0.265. The van der Waals surface area contributed by atoms with E-state index >= 15 is 0 Å². The molecule has 180 valence electrons. The standard InChI is InChI=1S/C27H42O5/c1-7-8-9-10-11-17-32-19-20(2)13-12-14-21-18-24(30-5)25-22(28-3)15-16-23(29-4)26(25)27(21)31-6/h15-16,18,20H,7-14,17,19H2,1-6H3. The molecular weight excluding hydrogens is 404 g/mol. The molecule has 32 heavy (non-hydrogen) atoms. The number of unbranched alkanes of at least 4 members (excludes halogenated alkanes) is 4. The highest BCUT2D eigenvalue weighted by molar-refractivity contribution is 6.03. The van der Waals surface area contributed by atoms with E-state index in [1.54, 1.807) is 28.4 Å². The Balaban J connectivity index is 2.03. The molecule has 0 heterocycles. The summed E-state index contributed by atoms with van der Waals surface area (Å²) in [6.07, 6.45) is 9.45. The van der Waals surface area contributed by atoms with Crippen molar-refractivity contribution in [3.63, 3.8) is 0 Å². The van der Waals surface area contributed by atoms with Gasteiger partial charge in [-0.2, -0.15) is 0 Å². The Morgan fingerprint density at radius 2 is 1.41 bits per heavy atom. The largest absolute Gasteiger partial charge is 0.496 e. The molecule has 5 nitrogen and oxygen atoms in total. The fourth-order valence-electron chi connectivity index (χ4n) is 4.23. The number of hydrogen-bond acceptors (Lipinski definition) is 5. The van der Waals surface area contributed by atoms with Gasteiger partial charge >= 0.3 is 0 Å². The van der Waals surface area contributed by atoms with Crippen LogP contribution < -0.4 is 18.9 Å². The molecule has 0 radical (unpaired) electrons. The third-order valence-electron chi connectivity index (χ3n) is 6.00. The van der Waals surface area contributed by atoms with Gasteiger partial charge in [-0.1, -0.05) is 39.5 Å². The molecule has 0 aliphatic carbocycles. The first-order valence-corrected chi connectivity index (χ1v) is 12.0. The van der Waals surface area contributed by atoms with Crippen LogP contribution in [0.4, 0.5) is 0 Å². The van der Waals surface area contributed by atoms with Gasteiger partial charge in [-0.15, -0.1) is 0 Å². The lowest BCUT2D eigenvalue weighted by atomic mass is 9.96. The molecule has 1 unspecified atom stereocenters. The fraction of sp³-hybridized carbons (Fsp3) is 0.630. The van der Waals surface area contributed by atoms with E-state index in [9.17, 15) is 0 Å². The maximum Gasteiger partial charge on any atom is 0.134 e. The Morgan fingerprint density at radius 1 is 0.750 bits per heavy atom. The second-order valence-electron chi connectivity index (χ2n) is 8.48. The number of aryl methyl sites for hydroxylation is 1. The zero-order valence-electron chi connectivity index (χ0n) is 20.9. The average molecular weight is 447 g/mol. The molecular formula is C27H42O5. The van der Waals surface area contributed by atoms with Crippen molar-refractivity contribution < 1.29 is 23.7 Å². The molecule has 2 aromatic rings. The van der Waals surface area contributed by atoms with Crippen molar-refractivity contribution in [2.75, 3.05) is 41.7 Å². The van der Waals surface area contributed by atoms with Crippen LogP contribution in [0.3, 0.4) is 0 Å². The van der Waals surface area contributed by atoms with Crippen molar-refractivity contribution in [3.05, 3.63) is 23.8 Å². The van der Waals surface area contributed by atoms with Gasteiger partial charge in [0.1, 0.15) is 23.0 Å². The Kier molecular flexibility index (Phi) is 11.5. The third-order valence-corrected chi connectivity index (χ3v) is 6.00. The number of rotatable bonds is 16. The minimum atomic E-state index is 0.536. The number of benzene rings is 2. The van der Waals surface area contributed by atoms with Crippen LogP contribution in [0.1, 0.15) is 64.4 Å². The van der Waals surface area contributed by atoms with Crippen molar-refractivity contribution >= 4 is 10.8 Å². The molecule has 0 bridgehead atoms. The maximum atomic E-state index is 5.90. The van der Waals surface area contributed by atoms with Crippen LogP contribution in [0.25, 0.3) is 10.8 Å². The van der Waals surface area contributed by atoms with Gasteiger partial charge in [-0.3, -0.25) is 0 Å². The predicted molar refractivity (Wildman–Crippen MR) is 132 cm³/mol. The SMILES string of the molecule is CCCCCCCOCC(C)CCCc1cc(OC)c2c(OC)ccc(OC)c2c1OC. The minimum absolute atomic E-state index is 0.536. The highest BCUT2D eigenvalue weighted by atomic mass is 16.5. The normalized spacial score (nSPS) is 12.1. The molecule has 0 aliphatic rings. The van der Waals surface area contributed by atoms with Crippen LogP contribution in [0.2, 0.25) is 0 Å². The van der Waals surface area contributed by atoms with Gasteiger partial charge in [-0.05, 0) is 55.4 Å². The second kappa shape index (κ2) is 14.1. The highest BCUT2D eigenvalue weighted by Crippen LogP contribution is 2.46. The van der Waals surface area contributed by atoms with Crippen LogP contribution in [0.15, 0.2) is 18.2 Å². The van der Waals surface area contributed by atoms with Crippen molar-refractivity contribution in [1.82, 2.24) is 0 Å². The summed E-state index contributed by atoms with van der Waals surface area (Å²) >= 11 is 0. The molecule has 0 aliphatic heterocycles. The van der Waals surface area contributed by atoms with Crippen LogP contribution in [0, 0.1) is 5.92 Å². The maximum absolute atomic E-state index is 5.90. The van der Waals surface area contributed by atoms with E-state index in [2.05, 4.69) is 19.9 Å². The third kappa shape index (κ3) is 6.93. The molecule has 5 heteroatoms. The average Bonchev–Trinajstić information content (AvgIpc) is 2.82. The van der Waals surface area contributed by atoms with Crippen LogP contribution in [-0.4, -0.2) is 41.7 Å². The Bertz CT molecular complexity index is 818. The smallest absolute Gasteiger partial charge is 0.134 e. The van der Waals surface area contributed by atoms with Gasteiger partial charge in [0.2, 0.25) is 0 Å². The fourth-order valence-corrected chi connectivity index (χ4v) is 4.23. The van der Waals surface area contributed by atoms with Gasteiger partial charge in [0.15, 0.2) is 0 Å². The highest BCUT2D eigenvalue weighted by Gasteiger charge is 2.20. The monoisotopic (exact) mass is 446 g/mol. The Morgan fingerprint density at radius 3 is 2.03 bits per heavy atom. The van der Waals surface area contributed by atoms with Gasteiger partial charge in [0, 0.05) is 13.2 Å². The summed E-state index contributed by atoms with van der Waals surface area (Å²) in [5.41, 5.74) is 1.12. The molecule has 0 aromatic heterocycles. The first kappa shape index (κ1) is 26.1. The Labute approximate surface area is 194 Å². The van der Waals surface area contributed by atoms with Crippen molar-refractivity contribution in [1.29, 1.82) is 0 Å². The minimum Gasteiger partial charge on any atom is -0.496 e. The van der Waals surface area contributed by atoms with E-state index in [1.165, 1.54) is 32.1 Å². The summed E-state index contributed by atoms with van der Waals surface area (Å²) < 4.78 is 28.7. The number of fused-ring (bicyclic) bond motifs is 1. The summed E-state index contributed by atoms with van der Waals surface area (Å²) in [6.45, 7) is 6.22. The molecule has 2 rings (SSSR count). The number of hydrogen-bond donors (Lipinski definition) is 0. The molecule has 0 amide bonds. The molecule has 0 fully saturated rings. The van der Waals surface area contributed by atoms with E-state index in [1.807, 2.05) is 12.1 Å². The molecule has 0 N–H and O–H groups in total. The van der Waals surface area contributed by atoms with Crippen LogP contribution >= 0.6 is 0 Å². The zero-order valence-corrected chi connectivity index (χ0v) is 20.9. The van der Waals surface area contributed by atoms with Crippen LogP contribution in [-0.2, 0) is 11.2 Å². The first-order chi connectivity index (χ1) is 15.6. The number of ether oxygens (including phenoxy) is 5. The molecule has 0 saturated heterocycles. The van der Waals surface area contributed by atoms with Gasteiger partial charge < -0.3 is 23.7 Å². The van der Waals surface area contributed by atoms with Crippen molar-refractivity contribution in [3.8, 4) is 23.0 Å². The van der Waals surface area contributed by atoms with E-state index in [0.717, 1.165) is 71.8 Å². The zero-order chi connectivity index (χ0) is 23.3.